The number of aromatic nitrogens is 2. The average molecular weight is 314 g/mol. The number of benzene rings is 1. The third kappa shape index (κ3) is 2.80. The lowest BCUT2D eigenvalue weighted by molar-refractivity contribution is 0.355. The average Bonchev–Trinajstić information content (AvgIpc) is 2.48. The number of hydrogen-bond acceptors (Lipinski definition) is 5. The number of nitrogens with zero attached hydrogens (tertiary/aromatic N) is 2. The minimum atomic E-state index is -0.602. The molecule has 0 spiro atoms. The van der Waals surface area contributed by atoms with Gasteiger partial charge in [0.1, 0.15) is 5.69 Å². The van der Waals surface area contributed by atoms with E-state index in [2.05, 4.69) is 9.97 Å². The maximum atomic E-state index is 6.19. The molecule has 2 aromatic rings. The lowest BCUT2D eigenvalue weighted by atomic mass is 10.0. The second-order valence-electron chi connectivity index (χ2n) is 3.93. The summed E-state index contributed by atoms with van der Waals surface area (Å²) in [6.45, 7) is 0. The molecule has 1 heterocycles. The van der Waals surface area contributed by atoms with Crippen molar-refractivity contribution in [3.05, 3.63) is 45.7 Å². The first-order valence-electron chi connectivity index (χ1n) is 5.73. The van der Waals surface area contributed by atoms with Gasteiger partial charge in [0.05, 0.1) is 36.5 Å². The van der Waals surface area contributed by atoms with Gasteiger partial charge < -0.3 is 15.2 Å². The summed E-state index contributed by atoms with van der Waals surface area (Å²) in [5.74, 6) is 0.628. The molecule has 1 unspecified atom stereocenters. The maximum absolute atomic E-state index is 6.19. The standard InChI is InChI=1S/C13H13Cl2N3O2/c1-19-9-6-17-12(13(18-9)20-2)11(16)7-4-3-5-8(14)10(7)15/h3-6,11H,16H2,1-2H3. The van der Waals surface area contributed by atoms with Crippen molar-refractivity contribution in [2.75, 3.05) is 14.2 Å². The quantitative estimate of drug-likeness (QED) is 0.939. The zero-order valence-corrected chi connectivity index (χ0v) is 12.4. The summed E-state index contributed by atoms with van der Waals surface area (Å²) in [6.07, 6.45) is 1.47. The third-order valence-electron chi connectivity index (χ3n) is 2.76. The molecule has 0 bridgehead atoms. The predicted octanol–water partition coefficient (Wildman–Crippen LogP) is 2.85. The number of nitrogens with two attached hydrogens (primary N) is 1. The number of methoxy groups -OCH3 is 2. The molecule has 7 heteroatoms. The van der Waals surface area contributed by atoms with E-state index in [4.69, 9.17) is 38.4 Å². The van der Waals surface area contributed by atoms with E-state index in [0.717, 1.165) is 0 Å². The summed E-state index contributed by atoms with van der Waals surface area (Å²) in [5, 5.41) is 0.821. The summed E-state index contributed by atoms with van der Waals surface area (Å²) in [7, 11) is 2.98. The molecule has 5 nitrogen and oxygen atoms in total. The van der Waals surface area contributed by atoms with Crippen LogP contribution in [0.2, 0.25) is 10.0 Å². The first kappa shape index (κ1) is 14.8. The van der Waals surface area contributed by atoms with E-state index in [9.17, 15) is 0 Å². The van der Waals surface area contributed by atoms with Gasteiger partial charge in [-0.2, -0.15) is 4.98 Å². The fourth-order valence-electron chi connectivity index (χ4n) is 1.74. The van der Waals surface area contributed by atoms with E-state index in [-0.39, 0.29) is 5.88 Å². The Kier molecular flexibility index (Phi) is 4.65. The number of hydrogen-bond donors (Lipinski definition) is 1. The van der Waals surface area contributed by atoms with E-state index in [1.54, 1.807) is 18.2 Å². The predicted molar refractivity (Wildman–Crippen MR) is 77.6 cm³/mol. The second-order valence-corrected chi connectivity index (χ2v) is 4.71. The highest BCUT2D eigenvalue weighted by Crippen LogP contribution is 2.34. The van der Waals surface area contributed by atoms with Gasteiger partial charge >= 0.3 is 0 Å². The Labute approximate surface area is 126 Å². The minimum Gasteiger partial charge on any atom is -0.480 e. The highest BCUT2D eigenvalue weighted by Gasteiger charge is 2.21. The minimum absolute atomic E-state index is 0.285. The summed E-state index contributed by atoms with van der Waals surface area (Å²) in [4.78, 5) is 8.37. The number of rotatable bonds is 4. The van der Waals surface area contributed by atoms with Crippen molar-refractivity contribution in [3.63, 3.8) is 0 Å². The van der Waals surface area contributed by atoms with Crippen LogP contribution in [0.25, 0.3) is 0 Å². The van der Waals surface area contributed by atoms with E-state index < -0.39 is 6.04 Å². The normalized spacial score (nSPS) is 12.1. The molecular weight excluding hydrogens is 301 g/mol. The van der Waals surface area contributed by atoms with Gasteiger partial charge in [0.15, 0.2) is 0 Å². The molecule has 0 aliphatic carbocycles. The molecule has 2 N–H and O–H groups in total. The molecule has 0 saturated heterocycles. The number of ether oxygens (including phenoxy) is 2. The Balaban J connectivity index is 2.47. The summed E-state index contributed by atoms with van der Waals surface area (Å²) < 4.78 is 10.2. The first-order chi connectivity index (χ1) is 9.58. The van der Waals surface area contributed by atoms with Crippen LogP contribution < -0.4 is 15.2 Å². The molecule has 1 aromatic carbocycles. The van der Waals surface area contributed by atoms with Crippen molar-refractivity contribution in [3.8, 4) is 11.8 Å². The molecule has 0 radical (unpaired) electrons. The second kappa shape index (κ2) is 6.26. The van der Waals surface area contributed by atoms with E-state index >= 15 is 0 Å². The monoisotopic (exact) mass is 313 g/mol. The molecule has 20 heavy (non-hydrogen) atoms. The molecule has 1 atom stereocenters. The zero-order chi connectivity index (χ0) is 14.7. The lowest BCUT2D eigenvalue weighted by Crippen LogP contribution is -2.16. The fraction of sp³-hybridized carbons (Fsp3) is 0.231. The lowest BCUT2D eigenvalue weighted by Gasteiger charge is -2.16. The fourth-order valence-corrected chi connectivity index (χ4v) is 2.16. The first-order valence-corrected chi connectivity index (χ1v) is 6.48. The van der Waals surface area contributed by atoms with Crippen molar-refractivity contribution < 1.29 is 9.47 Å². The van der Waals surface area contributed by atoms with Crippen molar-refractivity contribution >= 4 is 23.2 Å². The van der Waals surface area contributed by atoms with E-state index in [1.165, 1.54) is 20.4 Å². The van der Waals surface area contributed by atoms with Crippen LogP contribution in [0.4, 0.5) is 0 Å². The van der Waals surface area contributed by atoms with E-state index in [0.29, 0.717) is 27.2 Å². The highest BCUT2D eigenvalue weighted by atomic mass is 35.5. The van der Waals surface area contributed by atoms with Crippen LogP contribution in [-0.2, 0) is 0 Å². The summed E-state index contributed by atoms with van der Waals surface area (Å²) >= 11 is 12.2. The van der Waals surface area contributed by atoms with Gasteiger partial charge in [0.2, 0.25) is 11.8 Å². The highest BCUT2D eigenvalue weighted by molar-refractivity contribution is 6.42. The van der Waals surface area contributed by atoms with Crippen LogP contribution in [0.3, 0.4) is 0 Å². The third-order valence-corrected chi connectivity index (χ3v) is 3.59. The smallest absolute Gasteiger partial charge is 0.240 e. The molecule has 0 fully saturated rings. The summed E-state index contributed by atoms with van der Waals surface area (Å²) in [5.41, 5.74) is 7.29. The largest absolute Gasteiger partial charge is 0.480 e. The topological polar surface area (TPSA) is 70.3 Å². The van der Waals surface area contributed by atoms with Crippen LogP contribution in [0.5, 0.6) is 11.8 Å². The van der Waals surface area contributed by atoms with Gasteiger partial charge in [0.25, 0.3) is 0 Å². The van der Waals surface area contributed by atoms with Crippen molar-refractivity contribution in [1.29, 1.82) is 0 Å². The van der Waals surface area contributed by atoms with Gasteiger partial charge in [-0.25, -0.2) is 4.98 Å². The molecule has 106 valence electrons. The molecular formula is C13H13Cl2N3O2. The van der Waals surface area contributed by atoms with Crippen LogP contribution in [-0.4, -0.2) is 24.2 Å². The van der Waals surface area contributed by atoms with E-state index in [1.807, 2.05) is 0 Å². The molecule has 1 aromatic heterocycles. The Morgan fingerprint density at radius 2 is 1.95 bits per heavy atom. The molecule has 0 aliphatic heterocycles. The molecule has 0 aliphatic rings. The molecule has 0 saturated carbocycles. The van der Waals surface area contributed by atoms with Gasteiger partial charge in [-0.3, -0.25) is 0 Å². The van der Waals surface area contributed by atoms with Crippen LogP contribution in [0.15, 0.2) is 24.4 Å². The van der Waals surface area contributed by atoms with Crippen molar-refractivity contribution in [2.45, 2.75) is 6.04 Å². The van der Waals surface area contributed by atoms with Crippen LogP contribution >= 0.6 is 23.2 Å². The summed E-state index contributed by atoms with van der Waals surface area (Å²) in [6, 6.07) is 4.64. The Hall–Kier alpha value is -1.56. The van der Waals surface area contributed by atoms with Crippen LogP contribution in [0.1, 0.15) is 17.3 Å². The van der Waals surface area contributed by atoms with Crippen molar-refractivity contribution in [1.82, 2.24) is 9.97 Å². The SMILES string of the molecule is COc1cnc(C(N)c2cccc(Cl)c2Cl)c(OC)n1. The van der Waals surface area contributed by atoms with Crippen LogP contribution in [0, 0.1) is 0 Å². The molecule has 0 amide bonds. The Morgan fingerprint density at radius 3 is 2.60 bits per heavy atom. The van der Waals surface area contributed by atoms with Crippen molar-refractivity contribution in [2.24, 2.45) is 5.73 Å². The molecule has 2 rings (SSSR count). The van der Waals surface area contributed by atoms with Gasteiger partial charge in [-0.15, -0.1) is 0 Å². The Bertz CT molecular complexity index is 623. The number of halogens is 2. The van der Waals surface area contributed by atoms with Gasteiger partial charge in [-0.1, -0.05) is 35.3 Å². The Morgan fingerprint density at radius 1 is 1.20 bits per heavy atom. The maximum Gasteiger partial charge on any atom is 0.240 e. The van der Waals surface area contributed by atoms with Gasteiger partial charge in [-0.05, 0) is 11.6 Å². The zero-order valence-electron chi connectivity index (χ0n) is 10.9. The van der Waals surface area contributed by atoms with Gasteiger partial charge in [0, 0.05) is 0 Å².